The summed E-state index contributed by atoms with van der Waals surface area (Å²) in [6.45, 7) is 4.20. The van der Waals surface area contributed by atoms with Crippen molar-refractivity contribution in [2.24, 2.45) is 0 Å². The molecule has 0 bridgehead atoms. The first-order valence-corrected chi connectivity index (χ1v) is 7.00. The Kier molecular flexibility index (Phi) is 5.06. The molecular formula is C11H17FN2O3S. The quantitative estimate of drug-likeness (QED) is 0.600. The lowest BCUT2D eigenvalue weighted by Gasteiger charge is -2.09. The van der Waals surface area contributed by atoms with Gasteiger partial charge in [0, 0.05) is 24.4 Å². The zero-order valence-corrected chi connectivity index (χ0v) is 11.2. The summed E-state index contributed by atoms with van der Waals surface area (Å²) in [7, 11) is -3.75. The minimum absolute atomic E-state index is 0.111. The highest BCUT2D eigenvalue weighted by atomic mass is 32.2. The van der Waals surface area contributed by atoms with Crippen molar-refractivity contribution >= 4 is 15.7 Å². The molecule has 1 aromatic rings. The van der Waals surface area contributed by atoms with Gasteiger partial charge in [0.2, 0.25) is 10.0 Å². The summed E-state index contributed by atoms with van der Waals surface area (Å²) in [6.07, 6.45) is 0. The van der Waals surface area contributed by atoms with Gasteiger partial charge in [0.1, 0.15) is 5.82 Å². The summed E-state index contributed by atoms with van der Waals surface area (Å²) < 4.78 is 44.4. The zero-order chi connectivity index (χ0) is 13.8. The van der Waals surface area contributed by atoms with Crippen molar-refractivity contribution in [3.8, 4) is 0 Å². The van der Waals surface area contributed by atoms with Crippen LogP contribution in [0, 0.1) is 12.7 Å². The van der Waals surface area contributed by atoms with Crippen LogP contribution in [-0.4, -0.2) is 28.2 Å². The largest absolute Gasteiger partial charge is 0.398 e. The number of hydrogen-bond acceptors (Lipinski definition) is 4. The molecule has 102 valence electrons. The molecule has 0 radical (unpaired) electrons. The summed E-state index contributed by atoms with van der Waals surface area (Å²) >= 11 is 0. The first-order valence-electron chi connectivity index (χ1n) is 5.51. The number of hydrogen-bond donors (Lipinski definition) is 2. The van der Waals surface area contributed by atoms with Crippen LogP contribution < -0.4 is 10.5 Å². The SMILES string of the molecule is CCOCCNS(=O)(=O)c1cc(N)c(C)c(F)c1. The first-order chi connectivity index (χ1) is 8.38. The molecule has 7 heteroatoms. The van der Waals surface area contributed by atoms with E-state index in [9.17, 15) is 12.8 Å². The molecule has 0 aromatic heterocycles. The molecule has 1 aromatic carbocycles. The highest BCUT2D eigenvalue weighted by molar-refractivity contribution is 7.89. The lowest BCUT2D eigenvalue weighted by Crippen LogP contribution is -2.27. The monoisotopic (exact) mass is 276 g/mol. The van der Waals surface area contributed by atoms with E-state index in [-0.39, 0.29) is 29.3 Å². The number of nitrogens with two attached hydrogens (primary N) is 1. The Morgan fingerprint density at radius 2 is 2.11 bits per heavy atom. The van der Waals surface area contributed by atoms with Gasteiger partial charge in [-0.2, -0.15) is 0 Å². The van der Waals surface area contributed by atoms with Crippen molar-refractivity contribution in [1.82, 2.24) is 4.72 Å². The van der Waals surface area contributed by atoms with Crippen molar-refractivity contribution < 1.29 is 17.5 Å². The second kappa shape index (κ2) is 6.12. The second-order valence-corrected chi connectivity index (χ2v) is 5.48. The Labute approximate surface area is 106 Å². The summed E-state index contributed by atoms with van der Waals surface area (Å²) in [4.78, 5) is -0.181. The predicted molar refractivity (Wildman–Crippen MR) is 67.2 cm³/mol. The molecule has 0 atom stereocenters. The Morgan fingerprint density at radius 1 is 1.44 bits per heavy atom. The van der Waals surface area contributed by atoms with E-state index in [0.29, 0.717) is 6.61 Å². The number of nitrogen functional groups attached to an aromatic ring is 1. The molecular weight excluding hydrogens is 259 g/mol. The van der Waals surface area contributed by atoms with Gasteiger partial charge in [-0.25, -0.2) is 17.5 Å². The molecule has 5 nitrogen and oxygen atoms in total. The van der Waals surface area contributed by atoms with Crippen LogP contribution in [0.4, 0.5) is 10.1 Å². The third kappa shape index (κ3) is 3.66. The molecule has 1 rings (SSSR count). The normalized spacial score (nSPS) is 11.7. The fourth-order valence-corrected chi connectivity index (χ4v) is 2.36. The van der Waals surface area contributed by atoms with E-state index in [4.69, 9.17) is 10.5 Å². The molecule has 18 heavy (non-hydrogen) atoms. The summed E-state index contributed by atoms with van der Waals surface area (Å²) in [5, 5.41) is 0. The van der Waals surface area contributed by atoms with E-state index in [2.05, 4.69) is 4.72 Å². The summed E-state index contributed by atoms with van der Waals surface area (Å²) in [6, 6.07) is 2.19. The molecule has 0 aliphatic rings. The summed E-state index contributed by atoms with van der Waals surface area (Å²) in [5.74, 6) is -0.639. The first kappa shape index (κ1) is 14.9. The molecule has 0 heterocycles. The molecule has 0 spiro atoms. The Bertz CT molecular complexity index is 494. The smallest absolute Gasteiger partial charge is 0.240 e. The van der Waals surface area contributed by atoms with E-state index in [1.165, 1.54) is 13.0 Å². The van der Waals surface area contributed by atoms with Gasteiger partial charge < -0.3 is 10.5 Å². The minimum Gasteiger partial charge on any atom is -0.398 e. The molecule has 0 aliphatic heterocycles. The van der Waals surface area contributed by atoms with E-state index in [0.717, 1.165) is 6.07 Å². The van der Waals surface area contributed by atoms with Crippen molar-refractivity contribution in [3.05, 3.63) is 23.5 Å². The van der Waals surface area contributed by atoms with Gasteiger partial charge in [0.15, 0.2) is 0 Å². The molecule has 0 amide bonds. The van der Waals surface area contributed by atoms with Crippen molar-refractivity contribution in [2.45, 2.75) is 18.7 Å². The average Bonchev–Trinajstić information content (AvgIpc) is 2.31. The van der Waals surface area contributed by atoms with Gasteiger partial charge in [-0.15, -0.1) is 0 Å². The Morgan fingerprint density at radius 3 is 2.67 bits per heavy atom. The summed E-state index contributed by atoms with van der Waals surface area (Å²) in [5.41, 5.74) is 5.89. The molecule has 0 saturated heterocycles. The van der Waals surface area contributed by atoms with Gasteiger partial charge in [0.05, 0.1) is 11.5 Å². The maximum Gasteiger partial charge on any atom is 0.240 e. The van der Waals surface area contributed by atoms with Crippen LogP contribution in [0.3, 0.4) is 0 Å². The molecule has 0 saturated carbocycles. The molecule has 3 N–H and O–H groups in total. The standard InChI is InChI=1S/C11H17FN2O3S/c1-3-17-5-4-14-18(15,16)9-6-10(12)8(2)11(13)7-9/h6-7,14H,3-5,13H2,1-2H3. The van der Waals surface area contributed by atoms with Crippen LogP contribution >= 0.6 is 0 Å². The maximum atomic E-state index is 13.4. The highest BCUT2D eigenvalue weighted by Crippen LogP contribution is 2.20. The lowest BCUT2D eigenvalue weighted by molar-refractivity contribution is 0.153. The third-order valence-corrected chi connectivity index (χ3v) is 3.85. The van der Waals surface area contributed by atoms with Crippen molar-refractivity contribution in [3.63, 3.8) is 0 Å². The van der Waals surface area contributed by atoms with Crippen LogP contribution in [0.5, 0.6) is 0 Å². The minimum atomic E-state index is -3.75. The molecule has 0 fully saturated rings. The van der Waals surface area contributed by atoms with Crippen LogP contribution in [0.1, 0.15) is 12.5 Å². The third-order valence-electron chi connectivity index (χ3n) is 2.41. The van der Waals surface area contributed by atoms with Crippen molar-refractivity contribution in [1.29, 1.82) is 0 Å². The maximum absolute atomic E-state index is 13.4. The van der Waals surface area contributed by atoms with E-state index in [1.807, 2.05) is 6.92 Å². The Balaban J connectivity index is 2.85. The van der Waals surface area contributed by atoms with Crippen LogP contribution in [0.15, 0.2) is 17.0 Å². The van der Waals surface area contributed by atoms with Crippen LogP contribution in [-0.2, 0) is 14.8 Å². The number of benzene rings is 1. The number of rotatable bonds is 6. The number of halogens is 1. The second-order valence-electron chi connectivity index (χ2n) is 3.71. The number of ether oxygens (including phenoxy) is 1. The molecule has 0 unspecified atom stereocenters. The number of sulfonamides is 1. The van der Waals surface area contributed by atoms with Gasteiger partial charge in [0.25, 0.3) is 0 Å². The van der Waals surface area contributed by atoms with Crippen LogP contribution in [0.25, 0.3) is 0 Å². The van der Waals surface area contributed by atoms with E-state index >= 15 is 0 Å². The van der Waals surface area contributed by atoms with Crippen molar-refractivity contribution in [2.75, 3.05) is 25.5 Å². The fraction of sp³-hybridized carbons (Fsp3) is 0.455. The fourth-order valence-electron chi connectivity index (χ4n) is 1.31. The highest BCUT2D eigenvalue weighted by Gasteiger charge is 2.16. The zero-order valence-electron chi connectivity index (χ0n) is 10.4. The average molecular weight is 276 g/mol. The topological polar surface area (TPSA) is 81.4 Å². The van der Waals surface area contributed by atoms with E-state index in [1.54, 1.807) is 0 Å². The van der Waals surface area contributed by atoms with Gasteiger partial charge in [-0.1, -0.05) is 0 Å². The molecule has 0 aliphatic carbocycles. The Hall–Kier alpha value is -1.18. The van der Waals surface area contributed by atoms with Gasteiger partial charge in [-0.05, 0) is 26.0 Å². The van der Waals surface area contributed by atoms with E-state index < -0.39 is 15.8 Å². The number of anilines is 1. The predicted octanol–water partition coefficient (Wildman–Crippen LogP) is 1.03. The van der Waals surface area contributed by atoms with Crippen LogP contribution in [0.2, 0.25) is 0 Å². The van der Waals surface area contributed by atoms with Gasteiger partial charge >= 0.3 is 0 Å². The number of nitrogens with one attached hydrogen (secondary N) is 1. The van der Waals surface area contributed by atoms with Gasteiger partial charge in [-0.3, -0.25) is 0 Å². The lowest BCUT2D eigenvalue weighted by atomic mass is 10.2.